The van der Waals surface area contributed by atoms with Crippen molar-refractivity contribution in [3.05, 3.63) is 98.5 Å². The lowest BCUT2D eigenvalue weighted by molar-refractivity contribution is -0.122. The summed E-state index contributed by atoms with van der Waals surface area (Å²) in [6.07, 6.45) is 1.48. The lowest BCUT2D eigenvalue weighted by atomic mass is 10.1. The van der Waals surface area contributed by atoms with E-state index in [1.165, 1.54) is 6.08 Å². The van der Waals surface area contributed by atoms with Crippen molar-refractivity contribution in [1.29, 1.82) is 0 Å². The third-order valence-electron chi connectivity index (χ3n) is 4.78. The quantitative estimate of drug-likeness (QED) is 0.254. The summed E-state index contributed by atoms with van der Waals surface area (Å²) < 4.78 is 5.77. The van der Waals surface area contributed by atoms with Gasteiger partial charge in [-0.25, -0.2) is 0 Å². The average Bonchev–Trinajstić information content (AvgIpc) is 2.80. The SMILES string of the molecule is O=C1NC(=S)N(c2cccc(Cl)c2Cl)C(=O)/C1=C/c1ccc(OCc2ccc(Cl)cc2)cc1. The van der Waals surface area contributed by atoms with Gasteiger partial charge in [-0.3, -0.25) is 19.8 Å². The van der Waals surface area contributed by atoms with Gasteiger partial charge >= 0.3 is 0 Å². The molecule has 0 atom stereocenters. The van der Waals surface area contributed by atoms with Crippen LogP contribution in [0.2, 0.25) is 15.1 Å². The van der Waals surface area contributed by atoms with Crippen LogP contribution in [0.4, 0.5) is 5.69 Å². The van der Waals surface area contributed by atoms with Gasteiger partial charge in [0.1, 0.15) is 17.9 Å². The molecule has 0 aliphatic carbocycles. The Morgan fingerprint density at radius 3 is 2.33 bits per heavy atom. The van der Waals surface area contributed by atoms with Gasteiger partial charge < -0.3 is 4.74 Å². The number of nitrogens with one attached hydrogen (secondary N) is 1. The van der Waals surface area contributed by atoms with Crippen molar-refractivity contribution in [2.24, 2.45) is 0 Å². The summed E-state index contributed by atoms with van der Waals surface area (Å²) in [4.78, 5) is 26.8. The Morgan fingerprint density at radius 2 is 1.64 bits per heavy atom. The largest absolute Gasteiger partial charge is 0.489 e. The van der Waals surface area contributed by atoms with Crippen LogP contribution in [0.1, 0.15) is 11.1 Å². The van der Waals surface area contributed by atoms with E-state index in [1.54, 1.807) is 54.6 Å². The number of hydrogen-bond donors (Lipinski definition) is 1. The highest BCUT2D eigenvalue weighted by atomic mass is 35.5. The van der Waals surface area contributed by atoms with Crippen LogP contribution >= 0.6 is 47.0 Å². The first-order valence-electron chi connectivity index (χ1n) is 9.66. The Labute approximate surface area is 210 Å². The number of halogens is 3. The molecular formula is C24H15Cl3N2O3S. The van der Waals surface area contributed by atoms with E-state index in [9.17, 15) is 9.59 Å². The van der Waals surface area contributed by atoms with E-state index in [2.05, 4.69) is 5.32 Å². The second-order valence-electron chi connectivity index (χ2n) is 7.01. The van der Waals surface area contributed by atoms with Crippen LogP contribution in [0, 0.1) is 0 Å². The maximum absolute atomic E-state index is 13.1. The molecule has 166 valence electrons. The number of carbonyl (C=O) groups is 2. The van der Waals surface area contributed by atoms with Crippen LogP contribution in [0.3, 0.4) is 0 Å². The van der Waals surface area contributed by atoms with Gasteiger partial charge in [-0.05, 0) is 65.8 Å². The number of benzene rings is 3. The van der Waals surface area contributed by atoms with E-state index < -0.39 is 11.8 Å². The first-order chi connectivity index (χ1) is 15.8. The molecule has 1 aliphatic rings. The second-order valence-corrected chi connectivity index (χ2v) is 8.62. The molecular weight excluding hydrogens is 503 g/mol. The van der Waals surface area contributed by atoms with Crippen LogP contribution < -0.4 is 15.0 Å². The standard InChI is InChI=1S/C24H15Cl3N2O3S/c25-16-8-4-15(5-9-16)13-32-17-10-6-14(7-11-17)12-18-22(30)28-24(33)29(23(18)31)20-3-1-2-19(26)21(20)27/h1-12H,13H2,(H,28,30,33)/b18-12+. The molecule has 33 heavy (non-hydrogen) atoms. The molecule has 0 bridgehead atoms. The Kier molecular flexibility index (Phi) is 7.00. The van der Waals surface area contributed by atoms with E-state index in [4.69, 9.17) is 51.8 Å². The molecule has 0 saturated carbocycles. The normalized spacial score (nSPS) is 15.1. The molecule has 3 aromatic rings. The molecule has 0 spiro atoms. The summed E-state index contributed by atoms with van der Waals surface area (Å²) in [5.41, 5.74) is 1.81. The monoisotopic (exact) mass is 516 g/mol. The van der Waals surface area contributed by atoms with Crippen LogP contribution in [0.5, 0.6) is 5.75 Å². The van der Waals surface area contributed by atoms with Gasteiger partial charge in [0.2, 0.25) is 0 Å². The Hall–Kier alpha value is -2.90. The van der Waals surface area contributed by atoms with Crippen molar-refractivity contribution in [3.63, 3.8) is 0 Å². The second kappa shape index (κ2) is 9.93. The van der Waals surface area contributed by atoms with Crippen molar-refractivity contribution >= 4 is 75.7 Å². The Bertz CT molecular complexity index is 1280. The van der Waals surface area contributed by atoms with E-state index >= 15 is 0 Å². The van der Waals surface area contributed by atoms with Crippen molar-refractivity contribution < 1.29 is 14.3 Å². The fourth-order valence-corrected chi connectivity index (χ4v) is 3.90. The molecule has 0 aromatic heterocycles. The number of nitrogens with zero attached hydrogens (tertiary/aromatic N) is 1. The zero-order valence-corrected chi connectivity index (χ0v) is 19.9. The molecule has 1 aliphatic heterocycles. The van der Waals surface area contributed by atoms with Crippen LogP contribution in [0.25, 0.3) is 6.08 Å². The number of ether oxygens (including phenoxy) is 1. The summed E-state index contributed by atoms with van der Waals surface area (Å²) >= 11 is 23.4. The molecule has 1 N–H and O–H groups in total. The first-order valence-corrected chi connectivity index (χ1v) is 11.2. The first kappa shape index (κ1) is 23.3. The smallest absolute Gasteiger partial charge is 0.270 e. The maximum atomic E-state index is 13.1. The third-order valence-corrected chi connectivity index (χ3v) is 6.13. The lowest BCUT2D eigenvalue weighted by Crippen LogP contribution is -2.54. The van der Waals surface area contributed by atoms with Crippen LogP contribution in [0.15, 0.2) is 72.3 Å². The summed E-state index contributed by atoms with van der Waals surface area (Å²) in [6, 6.07) is 19.2. The van der Waals surface area contributed by atoms with Gasteiger partial charge in [-0.1, -0.05) is 65.1 Å². The van der Waals surface area contributed by atoms with Crippen molar-refractivity contribution in [3.8, 4) is 5.75 Å². The zero-order valence-electron chi connectivity index (χ0n) is 16.8. The van der Waals surface area contributed by atoms with Crippen molar-refractivity contribution in [2.45, 2.75) is 6.61 Å². The predicted octanol–water partition coefficient (Wildman–Crippen LogP) is 6.06. The Balaban J connectivity index is 1.54. The predicted molar refractivity (Wildman–Crippen MR) is 135 cm³/mol. The molecule has 9 heteroatoms. The fraction of sp³-hybridized carbons (Fsp3) is 0.0417. The lowest BCUT2D eigenvalue weighted by Gasteiger charge is -2.29. The number of thiocarbonyl (C=S) groups is 1. The van der Waals surface area contributed by atoms with E-state index in [-0.39, 0.29) is 26.4 Å². The van der Waals surface area contributed by atoms with Gasteiger partial charge in [-0.15, -0.1) is 0 Å². The van der Waals surface area contributed by atoms with E-state index in [1.807, 2.05) is 12.1 Å². The number of rotatable bonds is 5. The molecule has 0 unspecified atom stereocenters. The van der Waals surface area contributed by atoms with Crippen LogP contribution in [-0.2, 0) is 16.2 Å². The van der Waals surface area contributed by atoms with E-state index in [0.29, 0.717) is 22.9 Å². The van der Waals surface area contributed by atoms with Crippen LogP contribution in [-0.4, -0.2) is 16.9 Å². The average molecular weight is 518 g/mol. The van der Waals surface area contributed by atoms with Gasteiger partial charge in [0, 0.05) is 5.02 Å². The molecule has 0 radical (unpaired) electrons. The van der Waals surface area contributed by atoms with Gasteiger partial charge in [0.15, 0.2) is 5.11 Å². The zero-order chi connectivity index (χ0) is 23.5. The number of carbonyl (C=O) groups excluding carboxylic acids is 2. The Morgan fingerprint density at radius 1 is 0.939 bits per heavy atom. The summed E-state index contributed by atoms with van der Waals surface area (Å²) in [7, 11) is 0. The molecule has 4 rings (SSSR count). The molecule has 1 saturated heterocycles. The molecule has 5 nitrogen and oxygen atoms in total. The highest BCUT2D eigenvalue weighted by Gasteiger charge is 2.35. The highest BCUT2D eigenvalue weighted by molar-refractivity contribution is 7.80. The molecule has 3 aromatic carbocycles. The maximum Gasteiger partial charge on any atom is 0.270 e. The van der Waals surface area contributed by atoms with Crippen molar-refractivity contribution in [2.75, 3.05) is 4.90 Å². The topological polar surface area (TPSA) is 58.6 Å². The minimum Gasteiger partial charge on any atom is -0.489 e. The summed E-state index contributed by atoms with van der Waals surface area (Å²) in [6.45, 7) is 0.380. The number of hydrogen-bond acceptors (Lipinski definition) is 4. The van der Waals surface area contributed by atoms with Crippen molar-refractivity contribution in [1.82, 2.24) is 5.32 Å². The highest BCUT2D eigenvalue weighted by Crippen LogP contribution is 2.34. The van der Waals surface area contributed by atoms with Gasteiger partial charge in [0.25, 0.3) is 11.8 Å². The third kappa shape index (κ3) is 5.20. The summed E-state index contributed by atoms with van der Waals surface area (Å²) in [5.74, 6) is -0.557. The molecule has 2 amide bonds. The minimum atomic E-state index is -0.601. The minimum absolute atomic E-state index is 0.0720. The van der Waals surface area contributed by atoms with E-state index in [0.717, 1.165) is 10.5 Å². The summed E-state index contributed by atoms with van der Waals surface area (Å²) in [5, 5.41) is 3.54. The number of amides is 2. The fourth-order valence-electron chi connectivity index (χ4n) is 3.12. The molecule has 1 fully saturated rings. The number of anilines is 1. The van der Waals surface area contributed by atoms with Gasteiger partial charge in [0.05, 0.1) is 15.7 Å². The molecule has 1 heterocycles. The van der Waals surface area contributed by atoms with Gasteiger partial charge in [-0.2, -0.15) is 0 Å².